The van der Waals surface area contributed by atoms with Gasteiger partial charge in [-0.2, -0.15) is 0 Å². The summed E-state index contributed by atoms with van der Waals surface area (Å²) in [6, 6.07) is 14.6. The van der Waals surface area contributed by atoms with Crippen LogP contribution in [0.3, 0.4) is 0 Å². The van der Waals surface area contributed by atoms with E-state index >= 15 is 0 Å². The number of nitrogens with zero attached hydrogens (tertiary/aromatic N) is 1. The summed E-state index contributed by atoms with van der Waals surface area (Å²) in [5.41, 5.74) is 1.34. The van der Waals surface area contributed by atoms with Crippen LogP contribution in [0, 0.1) is 0 Å². The summed E-state index contributed by atoms with van der Waals surface area (Å²) in [5.74, 6) is 0.451. The lowest BCUT2D eigenvalue weighted by Gasteiger charge is -2.23. The molecule has 2 aromatic rings. The van der Waals surface area contributed by atoms with E-state index in [0.29, 0.717) is 23.7 Å². The van der Waals surface area contributed by atoms with Crippen LogP contribution in [0.1, 0.15) is 29.8 Å². The molecule has 2 amide bonds. The first kappa shape index (κ1) is 22.3. The van der Waals surface area contributed by atoms with Gasteiger partial charge in [-0.15, -0.1) is 11.8 Å². The zero-order valence-electron chi connectivity index (χ0n) is 16.9. The predicted octanol–water partition coefficient (Wildman–Crippen LogP) is 2.20. The van der Waals surface area contributed by atoms with Crippen molar-refractivity contribution >= 4 is 33.6 Å². The molecule has 7 nitrogen and oxygen atoms in total. The molecule has 0 aliphatic carbocycles. The van der Waals surface area contributed by atoms with E-state index in [1.165, 1.54) is 40.9 Å². The van der Waals surface area contributed by atoms with E-state index in [-0.39, 0.29) is 22.8 Å². The van der Waals surface area contributed by atoms with Crippen LogP contribution in [0.4, 0.5) is 0 Å². The van der Waals surface area contributed by atoms with Gasteiger partial charge < -0.3 is 10.2 Å². The lowest BCUT2D eigenvalue weighted by Crippen LogP contribution is -2.47. The van der Waals surface area contributed by atoms with Crippen molar-refractivity contribution in [1.29, 1.82) is 0 Å². The molecule has 1 heterocycles. The van der Waals surface area contributed by atoms with Crippen LogP contribution >= 0.6 is 11.8 Å². The summed E-state index contributed by atoms with van der Waals surface area (Å²) < 4.78 is 27.0. The maximum absolute atomic E-state index is 12.9. The lowest BCUT2D eigenvalue weighted by molar-refractivity contribution is -0.124. The predicted molar refractivity (Wildman–Crippen MR) is 117 cm³/mol. The molecule has 160 valence electrons. The first-order valence-electron chi connectivity index (χ1n) is 9.60. The molecule has 0 bridgehead atoms. The molecule has 2 aromatic carbocycles. The van der Waals surface area contributed by atoms with E-state index in [2.05, 4.69) is 10.0 Å². The third-order valence-corrected chi connectivity index (χ3v) is 7.24. The zero-order valence-corrected chi connectivity index (χ0v) is 18.5. The van der Waals surface area contributed by atoms with Crippen LogP contribution in [0.15, 0.2) is 59.5 Å². The number of hydrogen-bond acceptors (Lipinski definition) is 5. The lowest BCUT2D eigenvalue weighted by atomic mass is 10.1. The molecular weight excluding hydrogens is 422 g/mol. The van der Waals surface area contributed by atoms with Gasteiger partial charge in [0.25, 0.3) is 5.91 Å². The fourth-order valence-electron chi connectivity index (χ4n) is 3.08. The number of benzene rings is 2. The molecule has 0 saturated carbocycles. The van der Waals surface area contributed by atoms with E-state index in [4.69, 9.17) is 0 Å². The molecule has 0 spiro atoms. The summed E-state index contributed by atoms with van der Waals surface area (Å²) in [6.45, 7) is 3.88. The highest BCUT2D eigenvalue weighted by atomic mass is 32.2. The number of carbonyl (C=O) groups excluding carboxylic acids is 2. The summed E-state index contributed by atoms with van der Waals surface area (Å²) >= 11 is 1.52. The largest absolute Gasteiger partial charge is 0.350 e. The van der Waals surface area contributed by atoms with E-state index < -0.39 is 16.1 Å². The van der Waals surface area contributed by atoms with Gasteiger partial charge in [0.15, 0.2) is 0 Å². The number of carbonyl (C=O) groups is 2. The van der Waals surface area contributed by atoms with Gasteiger partial charge in [-0.3, -0.25) is 9.59 Å². The normalized spacial score (nSPS) is 16.6. The molecule has 1 aliphatic rings. The van der Waals surface area contributed by atoms with Gasteiger partial charge in [0.2, 0.25) is 15.9 Å². The highest BCUT2D eigenvalue weighted by Crippen LogP contribution is 2.24. The molecule has 3 rings (SSSR count). The number of hydrogen-bond donors (Lipinski definition) is 2. The number of thioether (sulfide) groups is 1. The Labute approximate surface area is 181 Å². The molecule has 30 heavy (non-hydrogen) atoms. The van der Waals surface area contributed by atoms with Crippen molar-refractivity contribution in [2.75, 3.05) is 11.6 Å². The van der Waals surface area contributed by atoms with E-state index in [9.17, 15) is 18.0 Å². The summed E-state index contributed by atoms with van der Waals surface area (Å²) in [7, 11) is -3.62. The molecule has 0 aromatic heterocycles. The second kappa shape index (κ2) is 9.63. The molecule has 1 fully saturated rings. The van der Waals surface area contributed by atoms with Crippen molar-refractivity contribution in [1.82, 2.24) is 14.9 Å². The monoisotopic (exact) mass is 447 g/mol. The minimum atomic E-state index is -3.62. The second-order valence-corrected chi connectivity index (χ2v) is 10.0. The topological polar surface area (TPSA) is 95.6 Å². The fourth-order valence-corrected chi connectivity index (χ4v) is 5.49. The number of sulfonamides is 1. The van der Waals surface area contributed by atoms with E-state index in [0.717, 1.165) is 5.56 Å². The maximum Gasteiger partial charge on any atom is 0.255 e. The Balaban J connectivity index is 1.67. The van der Waals surface area contributed by atoms with Gasteiger partial charge in [-0.25, -0.2) is 13.1 Å². The standard InChI is InChI=1S/C21H25N3O4S2/c1-15(2)23-30(27,28)18-10-8-17(9-11-18)21(26)24-14-29-13-19(24)20(25)22-12-16-6-4-3-5-7-16/h3-11,15,19,23H,12-14H2,1-2H3,(H,22,25). The smallest absolute Gasteiger partial charge is 0.255 e. The van der Waals surface area contributed by atoms with Crippen LogP contribution in [0.5, 0.6) is 0 Å². The van der Waals surface area contributed by atoms with Crippen molar-refractivity contribution in [3.63, 3.8) is 0 Å². The average Bonchev–Trinajstić information content (AvgIpc) is 3.21. The summed E-state index contributed by atoms with van der Waals surface area (Å²) in [5, 5.41) is 2.89. The highest BCUT2D eigenvalue weighted by molar-refractivity contribution is 7.99. The first-order chi connectivity index (χ1) is 14.3. The van der Waals surface area contributed by atoms with Gasteiger partial charge in [0.05, 0.1) is 10.8 Å². The minimum Gasteiger partial charge on any atom is -0.350 e. The Bertz CT molecular complexity index is 993. The maximum atomic E-state index is 12.9. The number of amides is 2. The number of nitrogens with one attached hydrogen (secondary N) is 2. The summed E-state index contributed by atoms with van der Waals surface area (Å²) in [4.78, 5) is 27.2. The van der Waals surface area contributed by atoms with Gasteiger partial charge in [-0.1, -0.05) is 30.3 Å². The molecule has 1 unspecified atom stereocenters. The second-order valence-electron chi connectivity index (χ2n) is 7.29. The Morgan fingerprint density at radius 2 is 1.77 bits per heavy atom. The average molecular weight is 448 g/mol. The molecule has 2 N–H and O–H groups in total. The zero-order chi connectivity index (χ0) is 21.7. The van der Waals surface area contributed by atoms with Crippen molar-refractivity contribution in [3.05, 3.63) is 65.7 Å². The van der Waals surface area contributed by atoms with Crippen LogP contribution in [-0.2, 0) is 21.4 Å². The van der Waals surface area contributed by atoms with Crippen LogP contribution in [0.25, 0.3) is 0 Å². The molecule has 1 atom stereocenters. The van der Waals surface area contributed by atoms with Crippen molar-refractivity contribution in [2.24, 2.45) is 0 Å². The molecule has 1 saturated heterocycles. The van der Waals surface area contributed by atoms with Gasteiger partial charge in [0.1, 0.15) is 6.04 Å². The Hall–Kier alpha value is -2.36. The quantitative estimate of drug-likeness (QED) is 0.679. The van der Waals surface area contributed by atoms with E-state index in [1.54, 1.807) is 13.8 Å². The molecule has 1 aliphatic heterocycles. The Morgan fingerprint density at radius 3 is 2.40 bits per heavy atom. The minimum absolute atomic E-state index is 0.0979. The van der Waals surface area contributed by atoms with Gasteiger partial charge >= 0.3 is 0 Å². The Morgan fingerprint density at radius 1 is 1.10 bits per heavy atom. The first-order valence-corrected chi connectivity index (χ1v) is 12.2. The third-order valence-electron chi connectivity index (χ3n) is 4.56. The van der Waals surface area contributed by atoms with Crippen LogP contribution in [-0.4, -0.2) is 48.8 Å². The highest BCUT2D eigenvalue weighted by Gasteiger charge is 2.35. The molecular formula is C21H25N3O4S2. The fraction of sp³-hybridized carbons (Fsp3) is 0.333. The molecule has 9 heteroatoms. The van der Waals surface area contributed by atoms with E-state index in [1.807, 2.05) is 30.3 Å². The van der Waals surface area contributed by atoms with Gasteiger partial charge in [-0.05, 0) is 43.7 Å². The summed E-state index contributed by atoms with van der Waals surface area (Å²) in [6.07, 6.45) is 0. The third kappa shape index (κ3) is 5.41. The number of rotatable bonds is 7. The van der Waals surface area contributed by atoms with Crippen molar-refractivity contribution < 1.29 is 18.0 Å². The SMILES string of the molecule is CC(C)NS(=O)(=O)c1ccc(C(=O)N2CSCC2C(=O)NCc2ccccc2)cc1. The Kier molecular flexibility index (Phi) is 7.17. The van der Waals surface area contributed by atoms with Gasteiger partial charge in [0, 0.05) is 23.9 Å². The van der Waals surface area contributed by atoms with Crippen LogP contribution < -0.4 is 10.0 Å². The molecule has 0 radical (unpaired) electrons. The van der Waals surface area contributed by atoms with Crippen LogP contribution in [0.2, 0.25) is 0 Å². The van der Waals surface area contributed by atoms with Crippen molar-refractivity contribution in [2.45, 2.75) is 37.4 Å². The van der Waals surface area contributed by atoms with Crippen molar-refractivity contribution in [3.8, 4) is 0 Å².